The van der Waals surface area contributed by atoms with Crippen molar-refractivity contribution in [1.29, 1.82) is 0 Å². The molecule has 0 amide bonds. The summed E-state index contributed by atoms with van der Waals surface area (Å²) >= 11 is 0. The van der Waals surface area contributed by atoms with E-state index in [1.54, 1.807) is 7.11 Å². The van der Waals surface area contributed by atoms with Crippen molar-refractivity contribution >= 4 is 0 Å². The molecule has 0 spiro atoms. The van der Waals surface area contributed by atoms with Crippen LogP contribution < -0.4 is 33.3 Å². The van der Waals surface area contributed by atoms with Gasteiger partial charge in [0.15, 0.2) is 12.4 Å². The van der Waals surface area contributed by atoms with E-state index in [4.69, 9.17) is 4.74 Å². The molecule has 0 aliphatic heterocycles. The van der Waals surface area contributed by atoms with E-state index in [2.05, 4.69) is 24.3 Å². The SMILES string of the molecule is COc1ccc(-c2cc[n+](C)cc2)cc1.[I-]. The summed E-state index contributed by atoms with van der Waals surface area (Å²) in [6.45, 7) is 0. The summed E-state index contributed by atoms with van der Waals surface area (Å²) in [6.07, 6.45) is 4.08. The Balaban J connectivity index is 0.00000128. The quantitative estimate of drug-likeness (QED) is 0.520. The molecule has 3 heteroatoms. The minimum Gasteiger partial charge on any atom is -1.00 e. The standard InChI is InChI=1S/C13H14NO.HI/c1-14-9-7-12(8-10-14)11-3-5-13(15-2)6-4-11;/h3-10H,1-2H3;1H/q+1;/p-1. The number of hydrogen-bond donors (Lipinski definition) is 0. The third kappa shape index (κ3) is 2.95. The predicted molar refractivity (Wildman–Crippen MR) is 59.6 cm³/mol. The molecule has 0 N–H and O–H groups in total. The summed E-state index contributed by atoms with van der Waals surface area (Å²) in [7, 11) is 3.69. The van der Waals surface area contributed by atoms with Gasteiger partial charge < -0.3 is 28.7 Å². The van der Waals surface area contributed by atoms with E-state index in [1.165, 1.54) is 11.1 Å². The van der Waals surface area contributed by atoms with Crippen molar-refractivity contribution in [2.45, 2.75) is 0 Å². The summed E-state index contributed by atoms with van der Waals surface area (Å²) in [6, 6.07) is 12.3. The van der Waals surface area contributed by atoms with Gasteiger partial charge in [-0.2, -0.15) is 0 Å². The maximum Gasteiger partial charge on any atom is 0.169 e. The Hall–Kier alpha value is -1.10. The lowest BCUT2D eigenvalue weighted by Crippen LogP contribution is -3.00. The Morgan fingerprint density at radius 2 is 1.38 bits per heavy atom. The van der Waals surface area contributed by atoms with E-state index in [9.17, 15) is 0 Å². The molecule has 0 atom stereocenters. The summed E-state index contributed by atoms with van der Waals surface area (Å²) in [4.78, 5) is 0. The Bertz CT molecular complexity index is 436. The molecule has 0 aliphatic carbocycles. The van der Waals surface area contributed by atoms with Crippen LogP contribution in [0.2, 0.25) is 0 Å². The average molecular weight is 327 g/mol. The van der Waals surface area contributed by atoms with Crippen LogP contribution in [0.25, 0.3) is 11.1 Å². The van der Waals surface area contributed by atoms with Crippen molar-refractivity contribution < 1.29 is 33.3 Å². The number of aryl methyl sites for hydroxylation is 1. The molecular formula is C13H14INO. The molecule has 84 valence electrons. The highest BCUT2D eigenvalue weighted by Crippen LogP contribution is 2.20. The van der Waals surface area contributed by atoms with E-state index in [1.807, 2.05) is 36.1 Å². The summed E-state index contributed by atoms with van der Waals surface area (Å²) in [5.74, 6) is 0.889. The molecule has 1 heterocycles. The normalized spacial score (nSPS) is 9.38. The molecule has 2 aromatic rings. The first-order valence-corrected chi connectivity index (χ1v) is 4.89. The van der Waals surface area contributed by atoms with Gasteiger partial charge in [-0.25, -0.2) is 4.57 Å². The lowest BCUT2D eigenvalue weighted by Gasteiger charge is -2.02. The number of nitrogens with zero attached hydrogens (tertiary/aromatic N) is 1. The van der Waals surface area contributed by atoms with Gasteiger partial charge in [0, 0.05) is 12.1 Å². The van der Waals surface area contributed by atoms with E-state index in [0.717, 1.165) is 5.75 Å². The topological polar surface area (TPSA) is 13.1 Å². The van der Waals surface area contributed by atoms with E-state index < -0.39 is 0 Å². The Labute approximate surface area is 113 Å². The zero-order valence-corrected chi connectivity index (χ0v) is 11.5. The highest BCUT2D eigenvalue weighted by Gasteiger charge is 1.99. The lowest BCUT2D eigenvalue weighted by atomic mass is 10.1. The largest absolute Gasteiger partial charge is 1.00 e. The Morgan fingerprint density at radius 1 is 0.875 bits per heavy atom. The molecule has 1 aromatic carbocycles. The van der Waals surface area contributed by atoms with Crippen LogP contribution in [0.3, 0.4) is 0 Å². The van der Waals surface area contributed by atoms with Gasteiger partial charge in [-0.3, -0.25) is 0 Å². The zero-order chi connectivity index (χ0) is 10.7. The van der Waals surface area contributed by atoms with Gasteiger partial charge in [0.05, 0.1) is 7.11 Å². The number of halogens is 1. The monoisotopic (exact) mass is 327 g/mol. The minimum atomic E-state index is 0. The zero-order valence-electron chi connectivity index (χ0n) is 9.35. The van der Waals surface area contributed by atoms with Crippen molar-refractivity contribution in [3.63, 3.8) is 0 Å². The maximum absolute atomic E-state index is 5.12. The maximum atomic E-state index is 5.12. The van der Waals surface area contributed by atoms with Crippen molar-refractivity contribution in [2.24, 2.45) is 7.05 Å². The van der Waals surface area contributed by atoms with Crippen LogP contribution in [0, 0.1) is 0 Å². The minimum absolute atomic E-state index is 0. The molecule has 2 nitrogen and oxygen atoms in total. The molecule has 0 radical (unpaired) electrons. The Morgan fingerprint density at radius 3 is 1.88 bits per heavy atom. The molecule has 0 saturated carbocycles. The fourth-order valence-electron chi connectivity index (χ4n) is 1.48. The van der Waals surface area contributed by atoms with E-state index in [-0.39, 0.29) is 24.0 Å². The summed E-state index contributed by atoms with van der Waals surface area (Å²) in [5.41, 5.74) is 2.42. The molecule has 16 heavy (non-hydrogen) atoms. The van der Waals surface area contributed by atoms with Crippen molar-refractivity contribution in [2.75, 3.05) is 7.11 Å². The molecule has 2 rings (SSSR count). The highest BCUT2D eigenvalue weighted by molar-refractivity contribution is 5.63. The van der Waals surface area contributed by atoms with Crippen LogP contribution in [-0.2, 0) is 7.05 Å². The van der Waals surface area contributed by atoms with Gasteiger partial charge in [-0.15, -0.1) is 0 Å². The first-order valence-electron chi connectivity index (χ1n) is 4.89. The van der Waals surface area contributed by atoms with Crippen LogP contribution in [0.1, 0.15) is 0 Å². The third-order valence-corrected chi connectivity index (χ3v) is 2.40. The third-order valence-electron chi connectivity index (χ3n) is 2.40. The van der Waals surface area contributed by atoms with Crippen LogP contribution in [-0.4, -0.2) is 7.11 Å². The lowest BCUT2D eigenvalue weighted by molar-refractivity contribution is -0.671. The molecule has 0 bridgehead atoms. The van der Waals surface area contributed by atoms with Crippen LogP contribution in [0.5, 0.6) is 5.75 Å². The number of ether oxygens (including phenoxy) is 1. The van der Waals surface area contributed by atoms with E-state index >= 15 is 0 Å². The number of benzene rings is 1. The van der Waals surface area contributed by atoms with Crippen LogP contribution in [0.4, 0.5) is 0 Å². The second kappa shape index (κ2) is 5.84. The number of hydrogen-bond acceptors (Lipinski definition) is 1. The van der Waals surface area contributed by atoms with E-state index in [0.29, 0.717) is 0 Å². The van der Waals surface area contributed by atoms with Gasteiger partial charge in [-0.05, 0) is 23.3 Å². The number of rotatable bonds is 2. The first kappa shape index (κ1) is 13.0. The summed E-state index contributed by atoms with van der Waals surface area (Å²) in [5, 5.41) is 0. The first-order chi connectivity index (χ1) is 7.29. The highest BCUT2D eigenvalue weighted by atomic mass is 127. The Kier molecular flexibility index (Phi) is 4.73. The van der Waals surface area contributed by atoms with Gasteiger partial charge >= 0.3 is 0 Å². The molecule has 0 aliphatic rings. The number of pyridine rings is 1. The molecule has 0 fully saturated rings. The number of aromatic nitrogens is 1. The van der Waals surface area contributed by atoms with Crippen LogP contribution in [0.15, 0.2) is 48.8 Å². The molecule has 0 unspecified atom stereocenters. The van der Waals surface area contributed by atoms with Gasteiger partial charge in [0.2, 0.25) is 0 Å². The smallest absolute Gasteiger partial charge is 0.169 e. The molecular weight excluding hydrogens is 313 g/mol. The van der Waals surface area contributed by atoms with Gasteiger partial charge in [0.25, 0.3) is 0 Å². The fraction of sp³-hybridized carbons (Fsp3) is 0.154. The second-order valence-corrected chi connectivity index (χ2v) is 3.48. The van der Waals surface area contributed by atoms with Gasteiger partial charge in [0.1, 0.15) is 12.8 Å². The number of methoxy groups -OCH3 is 1. The van der Waals surface area contributed by atoms with Gasteiger partial charge in [-0.1, -0.05) is 12.1 Å². The average Bonchev–Trinajstić information content (AvgIpc) is 2.30. The second-order valence-electron chi connectivity index (χ2n) is 3.48. The van der Waals surface area contributed by atoms with Crippen molar-refractivity contribution in [1.82, 2.24) is 0 Å². The van der Waals surface area contributed by atoms with Crippen molar-refractivity contribution in [3.05, 3.63) is 48.8 Å². The summed E-state index contributed by atoms with van der Waals surface area (Å²) < 4.78 is 7.14. The van der Waals surface area contributed by atoms with Crippen molar-refractivity contribution in [3.8, 4) is 16.9 Å². The fourth-order valence-corrected chi connectivity index (χ4v) is 1.48. The van der Waals surface area contributed by atoms with Crippen LogP contribution >= 0.6 is 0 Å². The molecule has 0 saturated heterocycles. The predicted octanol–water partition coefficient (Wildman–Crippen LogP) is -0.809. The molecule has 1 aromatic heterocycles.